The fourth-order valence-corrected chi connectivity index (χ4v) is 1.37. The summed E-state index contributed by atoms with van der Waals surface area (Å²) in [5.74, 6) is 0.981. The molecular weight excluding hydrogens is 208 g/mol. The highest BCUT2D eigenvalue weighted by atomic mass is 16.5. The third-order valence-electron chi connectivity index (χ3n) is 2.35. The smallest absolute Gasteiger partial charge is 0.160 e. The number of carbonyl (C=O) groups is 1. The largest absolute Gasteiger partial charge is 0.493 e. The number of aliphatic hydroxyl groups excluding tert-OH is 1. The molecule has 88 valence electrons. The predicted octanol–water partition coefficient (Wildman–Crippen LogP) is 1.20. The number of rotatable bonds is 5. The first-order valence-corrected chi connectivity index (χ1v) is 4.98. The van der Waals surface area contributed by atoms with Crippen LogP contribution in [0.4, 0.5) is 0 Å². The lowest BCUT2D eigenvalue weighted by Crippen LogP contribution is -2.19. The molecule has 0 aliphatic rings. The molecule has 0 radical (unpaired) electrons. The van der Waals surface area contributed by atoms with Gasteiger partial charge in [0, 0.05) is 6.42 Å². The number of methoxy groups -OCH3 is 2. The summed E-state index contributed by atoms with van der Waals surface area (Å²) < 4.78 is 10.2. The maximum absolute atomic E-state index is 10.9. The van der Waals surface area contributed by atoms with Crippen LogP contribution in [0, 0.1) is 0 Å². The van der Waals surface area contributed by atoms with E-state index in [9.17, 15) is 9.90 Å². The van der Waals surface area contributed by atoms with Crippen molar-refractivity contribution in [3.8, 4) is 11.5 Å². The number of benzene rings is 1. The van der Waals surface area contributed by atoms with E-state index in [1.54, 1.807) is 32.4 Å². The fraction of sp³-hybridized carbons (Fsp3) is 0.417. The molecule has 0 aliphatic carbocycles. The van der Waals surface area contributed by atoms with E-state index >= 15 is 0 Å². The van der Waals surface area contributed by atoms with E-state index in [4.69, 9.17) is 9.47 Å². The highest BCUT2D eigenvalue weighted by Crippen LogP contribution is 2.27. The van der Waals surface area contributed by atoms with Crippen molar-refractivity contribution in [3.05, 3.63) is 23.8 Å². The molecule has 1 N–H and O–H groups in total. The van der Waals surface area contributed by atoms with Crippen molar-refractivity contribution in [1.82, 2.24) is 0 Å². The monoisotopic (exact) mass is 224 g/mol. The Labute approximate surface area is 94.8 Å². The van der Waals surface area contributed by atoms with Crippen molar-refractivity contribution in [2.24, 2.45) is 0 Å². The molecule has 0 fully saturated rings. The number of carbonyl (C=O) groups excluding carboxylic acids is 1. The summed E-state index contributed by atoms with van der Waals surface area (Å²) in [5, 5.41) is 9.45. The number of aliphatic hydroxyl groups is 1. The van der Waals surface area contributed by atoms with Crippen molar-refractivity contribution in [1.29, 1.82) is 0 Å². The summed E-state index contributed by atoms with van der Waals surface area (Å²) in [5.41, 5.74) is 0.834. The van der Waals surface area contributed by atoms with Crippen LogP contribution in [-0.2, 0) is 11.2 Å². The van der Waals surface area contributed by atoms with Crippen LogP contribution in [0.2, 0.25) is 0 Å². The second kappa shape index (κ2) is 5.51. The molecule has 0 saturated heterocycles. The predicted molar refractivity (Wildman–Crippen MR) is 59.9 cm³/mol. The summed E-state index contributed by atoms with van der Waals surface area (Å²) in [6.07, 6.45) is -0.673. The summed E-state index contributed by atoms with van der Waals surface area (Å²) in [6, 6.07) is 5.31. The Kier molecular flexibility index (Phi) is 4.31. The van der Waals surface area contributed by atoms with Gasteiger partial charge in [-0.15, -0.1) is 0 Å². The van der Waals surface area contributed by atoms with Gasteiger partial charge >= 0.3 is 0 Å². The van der Waals surface area contributed by atoms with Crippen LogP contribution in [0.15, 0.2) is 18.2 Å². The number of ketones is 1. The van der Waals surface area contributed by atoms with Gasteiger partial charge in [-0.05, 0) is 24.6 Å². The first-order chi connectivity index (χ1) is 7.58. The first-order valence-electron chi connectivity index (χ1n) is 4.98. The van der Waals surface area contributed by atoms with Gasteiger partial charge in [0.2, 0.25) is 0 Å². The highest BCUT2D eigenvalue weighted by Gasteiger charge is 2.12. The topological polar surface area (TPSA) is 55.8 Å². The molecule has 0 amide bonds. The van der Waals surface area contributed by atoms with E-state index in [1.165, 1.54) is 6.92 Å². The molecule has 1 unspecified atom stereocenters. The van der Waals surface area contributed by atoms with Gasteiger partial charge in [-0.3, -0.25) is 4.79 Å². The zero-order chi connectivity index (χ0) is 12.1. The third-order valence-corrected chi connectivity index (χ3v) is 2.35. The Hall–Kier alpha value is -1.55. The molecule has 0 aromatic heterocycles. The number of hydrogen-bond donors (Lipinski definition) is 1. The molecular formula is C12H16O4. The van der Waals surface area contributed by atoms with E-state index in [2.05, 4.69) is 0 Å². The SMILES string of the molecule is COc1ccc(CC(O)C(C)=O)cc1OC. The normalized spacial score (nSPS) is 12.0. The van der Waals surface area contributed by atoms with Gasteiger partial charge in [0.05, 0.1) is 14.2 Å². The second-order valence-electron chi connectivity index (χ2n) is 3.52. The average molecular weight is 224 g/mol. The fourth-order valence-electron chi connectivity index (χ4n) is 1.37. The summed E-state index contributed by atoms with van der Waals surface area (Å²) >= 11 is 0. The summed E-state index contributed by atoms with van der Waals surface area (Å²) in [7, 11) is 3.10. The molecule has 0 bridgehead atoms. The zero-order valence-corrected chi connectivity index (χ0v) is 9.69. The molecule has 0 saturated carbocycles. The highest BCUT2D eigenvalue weighted by molar-refractivity contribution is 5.80. The standard InChI is InChI=1S/C12H16O4/c1-8(13)10(14)6-9-4-5-11(15-2)12(7-9)16-3/h4-5,7,10,14H,6H2,1-3H3. The van der Waals surface area contributed by atoms with Crippen LogP contribution < -0.4 is 9.47 Å². The summed E-state index contributed by atoms with van der Waals surface area (Å²) in [6.45, 7) is 1.37. The quantitative estimate of drug-likeness (QED) is 0.816. The lowest BCUT2D eigenvalue weighted by Gasteiger charge is -2.11. The molecule has 1 atom stereocenters. The molecule has 0 heterocycles. The molecule has 1 aromatic carbocycles. The van der Waals surface area contributed by atoms with Gasteiger partial charge < -0.3 is 14.6 Å². The van der Waals surface area contributed by atoms with Gasteiger partial charge in [-0.25, -0.2) is 0 Å². The Balaban J connectivity index is 2.86. The minimum atomic E-state index is -0.960. The minimum Gasteiger partial charge on any atom is -0.493 e. The van der Waals surface area contributed by atoms with Crippen molar-refractivity contribution in [2.45, 2.75) is 19.4 Å². The maximum atomic E-state index is 10.9. The van der Waals surface area contributed by atoms with Gasteiger partial charge in [0.1, 0.15) is 6.10 Å². The van der Waals surface area contributed by atoms with Crippen molar-refractivity contribution in [3.63, 3.8) is 0 Å². The molecule has 4 heteroatoms. The molecule has 4 nitrogen and oxygen atoms in total. The van der Waals surface area contributed by atoms with E-state index in [0.717, 1.165) is 5.56 Å². The molecule has 0 spiro atoms. The van der Waals surface area contributed by atoms with Gasteiger partial charge in [0.15, 0.2) is 17.3 Å². The number of hydrogen-bond acceptors (Lipinski definition) is 4. The van der Waals surface area contributed by atoms with Crippen LogP contribution >= 0.6 is 0 Å². The molecule has 1 rings (SSSR count). The van der Waals surface area contributed by atoms with Gasteiger partial charge in [-0.1, -0.05) is 6.07 Å². The number of ether oxygens (including phenoxy) is 2. The molecule has 0 aliphatic heterocycles. The lowest BCUT2D eigenvalue weighted by atomic mass is 10.1. The third kappa shape index (κ3) is 2.97. The Bertz CT molecular complexity index is 373. The van der Waals surface area contributed by atoms with Crippen LogP contribution in [0.25, 0.3) is 0 Å². The van der Waals surface area contributed by atoms with E-state index in [1.807, 2.05) is 0 Å². The Morgan fingerprint density at radius 1 is 1.31 bits per heavy atom. The Morgan fingerprint density at radius 2 is 1.94 bits per heavy atom. The van der Waals surface area contributed by atoms with E-state index < -0.39 is 6.10 Å². The van der Waals surface area contributed by atoms with Crippen LogP contribution in [0.1, 0.15) is 12.5 Å². The molecule has 1 aromatic rings. The maximum Gasteiger partial charge on any atom is 0.160 e. The Morgan fingerprint density at radius 3 is 2.44 bits per heavy atom. The lowest BCUT2D eigenvalue weighted by molar-refractivity contribution is -0.124. The van der Waals surface area contributed by atoms with Crippen LogP contribution in [0.3, 0.4) is 0 Å². The zero-order valence-electron chi connectivity index (χ0n) is 9.69. The summed E-state index contributed by atoms with van der Waals surface area (Å²) in [4.78, 5) is 10.9. The van der Waals surface area contributed by atoms with Crippen LogP contribution in [0.5, 0.6) is 11.5 Å². The number of Topliss-reactive ketones (excluding diaryl/α,β-unsaturated/α-hetero) is 1. The average Bonchev–Trinajstić information content (AvgIpc) is 2.28. The van der Waals surface area contributed by atoms with E-state index in [-0.39, 0.29) is 12.2 Å². The van der Waals surface area contributed by atoms with E-state index in [0.29, 0.717) is 11.5 Å². The van der Waals surface area contributed by atoms with Crippen LogP contribution in [-0.4, -0.2) is 31.2 Å². The van der Waals surface area contributed by atoms with Gasteiger partial charge in [0.25, 0.3) is 0 Å². The van der Waals surface area contributed by atoms with Crippen molar-refractivity contribution < 1.29 is 19.4 Å². The van der Waals surface area contributed by atoms with Gasteiger partial charge in [-0.2, -0.15) is 0 Å². The van der Waals surface area contributed by atoms with Crippen molar-refractivity contribution in [2.75, 3.05) is 14.2 Å². The van der Waals surface area contributed by atoms with Crippen molar-refractivity contribution >= 4 is 5.78 Å². The minimum absolute atomic E-state index is 0.241. The first kappa shape index (κ1) is 12.5. The second-order valence-corrected chi connectivity index (χ2v) is 3.52. The molecule has 16 heavy (non-hydrogen) atoms.